The van der Waals surface area contributed by atoms with Gasteiger partial charge in [-0.15, -0.1) is 0 Å². The second kappa shape index (κ2) is 9.40. The van der Waals surface area contributed by atoms with E-state index in [0.29, 0.717) is 31.7 Å². The molecule has 2 aromatic carbocycles. The highest BCUT2D eigenvalue weighted by atomic mass is 16.2. The molecule has 3 amide bonds. The summed E-state index contributed by atoms with van der Waals surface area (Å²) < 4.78 is 0. The number of benzene rings is 2. The SMILES string of the molecule is CCN(CC)C(=O)NC1CCN(C(=O)c2ccc(-c3ccccc3)cc2)CC1. The molecule has 0 saturated carbocycles. The number of rotatable bonds is 5. The number of urea groups is 1. The lowest BCUT2D eigenvalue weighted by Crippen LogP contribution is -2.50. The van der Waals surface area contributed by atoms with E-state index >= 15 is 0 Å². The number of nitrogens with one attached hydrogen (secondary N) is 1. The topological polar surface area (TPSA) is 52.7 Å². The van der Waals surface area contributed by atoms with Gasteiger partial charge in [0.25, 0.3) is 5.91 Å². The van der Waals surface area contributed by atoms with Crippen molar-refractivity contribution in [3.8, 4) is 11.1 Å². The number of carbonyl (C=O) groups is 2. The van der Waals surface area contributed by atoms with Crippen LogP contribution in [0.2, 0.25) is 0 Å². The van der Waals surface area contributed by atoms with Crippen molar-refractivity contribution in [3.05, 3.63) is 60.2 Å². The molecule has 0 aromatic heterocycles. The zero-order valence-corrected chi connectivity index (χ0v) is 16.7. The molecule has 3 rings (SSSR count). The Balaban J connectivity index is 1.54. The van der Waals surface area contributed by atoms with E-state index in [1.165, 1.54) is 0 Å². The van der Waals surface area contributed by atoms with Crippen LogP contribution >= 0.6 is 0 Å². The maximum absolute atomic E-state index is 12.8. The number of piperidine rings is 1. The summed E-state index contributed by atoms with van der Waals surface area (Å²) in [4.78, 5) is 28.7. The molecule has 0 radical (unpaired) electrons. The number of hydrogen-bond acceptors (Lipinski definition) is 2. The van der Waals surface area contributed by atoms with E-state index in [0.717, 1.165) is 24.0 Å². The Morgan fingerprint density at radius 3 is 2.07 bits per heavy atom. The van der Waals surface area contributed by atoms with Gasteiger partial charge in [0.05, 0.1) is 0 Å². The van der Waals surface area contributed by atoms with E-state index < -0.39 is 0 Å². The van der Waals surface area contributed by atoms with Crippen molar-refractivity contribution in [2.24, 2.45) is 0 Å². The van der Waals surface area contributed by atoms with E-state index in [2.05, 4.69) is 17.4 Å². The predicted octanol–water partition coefficient (Wildman–Crippen LogP) is 4.01. The van der Waals surface area contributed by atoms with E-state index in [1.54, 1.807) is 4.90 Å². The lowest BCUT2D eigenvalue weighted by atomic mass is 10.0. The Morgan fingerprint density at radius 2 is 1.50 bits per heavy atom. The zero-order valence-electron chi connectivity index (χ0n) is 16.7. The number of amides is 3. The molecular formula is C23H29N3O2. The van der Waals surface area contributed by atoms with Gasteiger partial charge in [0, 0.05) is 37.8 Å². The van der Waals surface area contributed by atoms with Crippen LogP contribution in [0.5, 0.6) is 0 Å². The number of hydrogen-bond donors (Lipinski definition) is 1. The number of nitrogens with zero attached hydrogens (tertiary/aromatic N) is 2. The molecule has 2 aromatic rings. The van der Waals surface area contributed by atoms with Gasteiger partial charge in [-0.1, -0.05) is 42.5 Å². The largest absolute Gasteiger partial charge is 0.338 e. The minimum atomic E-state index is -0.00808. The zero-order chi connectivity index (χ0) is 19.9. The highest BCUT2D eigenvalue weighted by Gasteiger charge is 2.25. The fourth-order valence-electron chi connectivity index (χ4n) is 3.62. The Labute approximate surface area is 167 Å². The monoisotopic (exact) mass is 379 g/mol. The molecule has 1 N–H and O–H groups in total. The first-order valence-electron chi connectivity index (χ1n) is 10.1. The number of carbonyl (C=O) groups excluding carboxylic acids is 2. The first-order chi connectivity index (χ1) is 13.6. The van der Waals surface area contributed by atoms with Gasteiger partial charge in [-0.05, 0) is 49.9 Å². The summed E-state index contributed by atoms with van der Waals surface area (Å²) in [6.07, 6.45) is 1.59. The van der Waals surface area contributed by atoms with E-state index in [9.17, 15) is 9.59 Å². The summed E-state index contributed by atoms with van der Waals surface area (Å²) in [6, 6.07) is 18.1. The standard InChI is InChI=1S/C23H29N3O2/c1-3-25(4-2)23(28)24-21-14-16-26(17-15-21)22(27)20-12-10-19(11-13-20)18-8-6-5-7-9-18/h5-13,21H,3-4,14-17H2,1-2H3,(H,24,28). The summed E-state index contributed by atoms with van der Waals surface area (Å²) in [5.74, 6) is 0.0631. The maximum atomic E-state index is 12.8. The molecule has 1 aliphatic rings. The van der Waals surface area contributed by atoms with Gasteiger partial charge in [-0.3, -0.25) is 4.79 Å². The lowest BCUT2D eigenvalue weighted by Gasteiger charge is -2.33. The summed E-state index contributed by atoms with van der Waals surface area (Å²) in [5.41, 5.74) is 2.96. The van der Waals surface area contributed by atoms with Gasteiger partial charge in [-0.2, -0.15) is 0 Å². The first-order valence-corrected chi connectivity index (χ1v) is 10.1. The van der Waals surface area contributed by atoms with Gasteiger partial charge < -0.3 is 15.1 Å². The average Bonchev–Trinajstić information content (AvgIpc) is 2.75. The van der Waals surface area contributed by atoms with Crippen molar-refractivity contribution in [3.63, 3.8) is 0 Å². The van der Waals surface area contributed by atoms with Crippen LogP contribution in [0, 0.1) is 0 Å². The van der Waals surface area contributed by atoms with Gasteiger partial charge in [0.15, 0.2) is 0 Å². The van der Waals surface area contributed by atoms with Gasteiger partial charge in [0.2, 0.25) is 0 Å². The molecule has 0 bridgehead atoms. The normalized spacial score (nSPS) is 14.6. The molecule has 1 aliphatic heterocycles. The minimum absolute atomic E-state index is 0.00808. The Kier molecular flexibility index (Phi) is 6.69. The maximum Gasteiger partial charge on any atom is 0.317 e. The summed E-state index contributed by atoms with van der Waals surface area (Å²) in [5, 5.41) is 3.09. The first kappa shape index (κ1) is 19.9. The van der Waals surface area contributed by atoms with Crippen molar-refractivity contribution >= 4 is 11.9 Å². The van der Waals surface area contributed by atoms with Crippen LogP contribution in [-0.4, -0.2) is 54.0 Å². The number of likely N-dealkylation sites (tertiary alicyclic amines) is 1. The van der Waals surface area contributed by atoms with Crippen molar-refractivity contribution in [2.75, 3.05) is 26.2 Å². The lowest BCUT2D eigenvalue weighted by molar-refractivity contribution is 0.0706. The molecule has 0 atom stereocenters. The fourth-order valence-corrected chi connectivity index (χ4v) is 3.62. The molecule has 28 heavy (non-hydrogen) atoms. The van der Waals surface area contributed by atoms with Crippen LogP contribution < -0.4 is 5.32 Å². The third kappa shape index (κ3) is 4.71. The molecule has 148 valence electrons. The van der Waals surface area contributed by atoms with Crippen LogP contribution in [0.15, 0.2) is 54.6 Å². The molecule has 5 heteroatoms. The minimum Gasteiger partial charge on any atom is -0.338 e. The smallest absolute Gasteiger partial charge is 0.317 e. The molecule has 5 nitrogen and oxygen atoms in total. The van der Waals surface area contributed by atoms with E-state index in [1.807, 2.05) is 61.2 Å². The second-order valence-corrected chi connectivity index (χ2v) is 7.13. The molecule has 0 aliphatic carbocycles. The highest BCUT2D eigenvalue weighted by Crippen LogP contribution is 2.21. The Hall–Kier alpha value is -2.82. The third-order valence-corrected chi connectivity index (χ3v) is 5.40. The van der Waals surface area contributed by atoms with Gasteiger partial charge in [-0.25, -0.2) is 4.79 Å². The summed E-state index contributed by atoms with van der Waals surface area (Å²) in [6.45, 7) is 6.71. The fraction of sp³-hybridized carbons (Fsp3) is 0.391. The molecule has 1 fully saturated rings. The van der Waals surface area contributed by atoms with Crippen molar-refractivity contribution < 1.29 is 9.59 Å². The van der Waals surface area contributed by atoms with Gasteiger partial charge >= 0.3 is 6.03 Å². The van der Waals surface area contributed by atoms with Gasteiger partial charge in [0.1, 0.15) is 0 Å². The molecular weight excluding hydrogens is 350 g/mol. The summed E-state index contributed by atoms with van der Waals surface area (Å²) in [7, 11) is 0. The molecule has 0 spiro atoms. The van der Waals surface area contributed by atoms with E-state index in [4.69, 9.17) is 0 Å². The van der Waals surface area contributed by atoms with Crippen LogP contribution in [0.3, 0.4) is 0 Å². The average molecular weight is 380 g/mol. The quantitative estimate of drug-likeness (QED) is 0.853. The van der Waals surface area contributed by atoms with E-state index in [-0.39, 0.29) is 18.0 Å². The van der Waals surface area contributed by atoms with Crippen LogP contribution in [0.4, 0.5) is 4.79 Å². The second-order valence-electron chi connectivity index (χ2n) is 7.13. The molecule has 0 unspecified atom stereocenters. The van der Waals surface area contributed by atoms with Crippen LogP contribution in [0.25, 0.3) is 11.1 Å². The van der Waals surface area contributed by atoms with Crippen LogP contribution in [-0.2, 0) is 0 Å². The third-order valence-electron chi connectivity index (χ3n) is 5.40. The van der Waals surface area contributed by atoms with Crippen molar-refractivity contribution in [1.29, 1.82) is 0 Å². The van der Waals surface area contributed by atoms with Crippen LogP contribution in [0.1, 0.15) is 37.0 Å². The Morgan fingerprint density at radius 1 is 0.929 bits per heavy atom. The highest BCUT2D eigenvalue weighted by molar-refractivity contribution is 5.94. The summed E-state index contributed by atoms with van der Waals surface area (Å²) >= 11 is 0. The molecule has 1 saturated heterocycles. The van der Waals surface area contributed by atoms with Crippen molar-refractivity contribution in [2.45, 2.75) is 32.7 Å². The predicted molar refractivity (Wildman–Crippen MR) is 112 cm³/mol. The van der Waals surface area contributed by atoms with Crippen molar-refractivity contribution in [1.82, 2.24) is 15.1 Å². The molecule has 1 heterocycles. The Bertz CT molecular complexity index is 777.